The minimum absolute atomic E-state index is 0.110. The molecule has 4 nitrogen and oxygen atoms in total. The number of carbonyl (C=O) groups excluding carboxylic acids is 1. The Morgan fingerprint density at radius 2 is 2.00 bits per heavy atom. The molecule has 0 aliphatic rings. The van der Waals surface area contributed by atoms with Crippen LogP contribution < -0.4 is 4.72 Å². The van der Waals surface area contributed by atoms with Crippen molar-refractivity contribution < 1.29 is 17.6 Å². The van der Waals surface area contributed by atoms with E-state index < -0.39 is 20.7 Å². The highest BCUT2D eigenvalue weighted by Crippen LogP contribution is 2.17. The SMILES string of the molecule is CCC(=O)c1ccc(F)c(S(=O)(=O)NCC(C)C)c1. The molecule has 0 saturated heterocycles. The van der Waals surface area contributed by atoms with E-state index in [9.17, 15) is 17.6 Å². The zero-order valence-corrected chi connectivity index (χ0v) is 12.1. The van der Waals surface area contributed by atoms with Gasteiger partial charge in [-0.1, -0.05) is 20.8 Å². The van der Waals surface area contributed by atoms with Crippen LogP contribution in [0, 0.1) is 11.7 Å². The highest BCUT2D eigenvalue weighted by atomic mass is 32.2. The number of halogens is 1. The van der Waals surface area contributed by atoms with Gasteiger partial charge in [0, 0.05) is 18.5 Å². The van der Waals surface area contributed by atoms with Crippen molar-refractivity contribution >= 4 is 15.8 Å². The van der Waals surface area contributed by atoms with Crippen molar-refractivity contribution in [2.75, 3.05) is 6.54 Å². The fraction of sp³-hybridized carbons (Fsp3) is 0.462. The second kappa shape index (κ2) is 6.25. The van der Waals surface area contributed by atoms with Crippen molar-refractivity contribution in [1.29, 1.82) is 0 Å². The summed E-state index contributed by atoms with van der Waals surface area (Å²) >= 11 is 0. The molecular formula is C13H18FNO3S. The third-order valence-corrected chi connectivity index (χ3v) is 3.98. The van der Waals surface area contributed by atoms with Gasteiger partial charge in [-0.15, -0.1) is 0 Å². The molecule has 1 rings (SSSR count). The molecule has 106 valence electrons. The molecule has 1 N–H and O–H groups in total. The normalized spacial score (nSPS) is 11.8. The Hall–Kier alpha value is -1.27. The Morgan fingerprint density at radius 3 is 2.53 bits per heavy atom. The molecule has 0 atom stereocenters. The average molecular weight is 287 g/mol. The molecule has 0 fully saturated rings. The van der Waals surface area contributed by atoms with Crippen LogP contribution in [-0.2, 0) is 10.0 Å². The van der Waals surface area contributed by atoms with Gasteiger partial charge in [-0.05, 0) is 24.1 Å². The van der Waals surface area contributed by atoms with Crippen LogP contribution in [0.4, 0.5) is 4.39 Å². The lowest BCUT2D eigenvalue weighted by Crippen LogP contribution is -2.28. The zero-order chi connectivity index (χ0) is 14.6. The third kappa shape index (κ3) is 4.11. The van der Waals surface area contributed by atoms with Crippen molar-refractivity contribution in [3.63, 3.8) is 0 Å². The summed E-state index contributed by atoms with van der Waals surface area (Å²) in [5.74, 6) is -0.970. The van der Waals surface area contributed by atoms with E-state index in [1.165, 1.54) is 6.07 Å². The minimum atomic E-state index is -3.93. The second-order valence-electron chi connectivity index (χ2n) is 4.67. The first-order valence-corrected chi connectivity index (χ1v) is 7.58. The Labute approximate surface area is 113 Å². The number of sulfonamides is 1. The van der Waals surface area contributed by atoms with Crippen molar-refractivity contribution in [3.05, 3.63) is 29.6 Å². The molecule has 0 spiro atoms. The van der Waals surface area contributed by atoms with Crippen LogP contribution in [0.25, 0.3) is 0 Å². The summed E-state index contributed by atoms with van der Waals surface area (Å²) in [4.78, 5) is 11.1. The molecular weight excluding hydrogens is 269 g/mol. The molecule has 1 aromatic rings. The summed E-state index contributed by atoms with van der Waals surface area (Å²) in [7, 11) is -3.93. The van der Waals surface area contributed by atoms with Crippen molar-refractivity contribution in [1.82, 2.24) is 4.72 Å². The first-order valence-electron chi connectivity index (χ1n) is 6.10. The summed E-state index contributed by atoms with van der Waals surface area (Å²) < 4.78 is 39.9. The Morgan fingerprint density at radius 1 is 1.37 bits per heavy atom. The van der Waals surface area contributed by atoms with Gasteiger partial charge in [0.15, 0.2) is 5.78 Å². The Balaban J connectivity index is 3.15. The van der Waals surface area contributed by atoms with Crippen LogP contribution in [0.15, 0.2) is 23.1 Å². The monoisotopic (exact) mass is 287 g/mol. The first kappa shape index (κ1) is 15.8. The van der Waals surface area contributed by atoms with Crippen LogP contribution in [-0.4, -0.2) is 20.7 Å². The van der Waals surface area contributed by atoms with Gasteiger partial charge in [0.1, 0.15) is 10.7 Å². The van der Waals surface area contributed by atoms with Crippen molar-refractivity contribution in [2.45, 2.75) is 32.1 Å². The Bertz CT molecular complexity index is 567. The van der Waals surface area contributed by atoms with Crippen LogP contribution in [0.3, 0.4) is 0 Å². The van der Waals surface area contributed by atoms with E-state index in [2.05, 4.69) is 4.72 Å². The maximum absolute atomic E-state index is 13.6. The standard InChI is InChI=1S/C13H18FNO3S/c1-4-12(16)10-5-6-11(14)13(7-10)19(17,18)15-8-9(2)3/h5-7,9,15H,4,8H2,1-3H3. The number of ketones is 1. The lowest BCUT2D eigenvalue weighted by Gasteiger charge is -2.10. The quantitative estimate of drug-likeness (QED) is 0.817. The number of carbonyl (C=O) groups is 1. The van der Waals surface area contributed by atoms with E-state index in [-0.39, 0.29) is 30.2 Å². The van der Waals surface area contributed by atoms with E-state index in [1.807, 2.05) is 13.8 Å². The van der Waals surface area contributed by atoms with Crippen LogP contribution >= 0.6 is 0 Å². The molecule has 0 aliphatic heterocycles. The maximum atomic E-state index is 13.6. The van der Waals surface area contributed by atoms with Crippen molar-refractivity contribution in [2.24, 2.45) is 5.92 Å². The summed E-state index contributed by atoms with van der Waals surface area (Å²) in [5.41, 5.74) is 0.203. The molecule has 19 heavy (non-hydrogen) atoms. The second-order valence-corrected chi connectivity index (χ2v) is 6.40. The van der Waals surface area contributed by atoms with Gasteiger partial charge < -0.3 is 0 Å². The molecule has 0 heterocycles. The fourth-order valence-corrected chi connectivity index (χ4v) is 2.76. The zero-order valence-electron chi connectivity index (χ0n) is 11.2. The van der Waals surface area contributed by atoms with E-state index >= 15 is 0 Å². The minimum Gasteiger partial charge on any atom is -0.294 e. The molecule has 6 heteroatoms. The van der Waals surface area contributed by atoms with E-state index in [0.29, 0.717) is 0 Å². The molecule has 0 amide bonds. The molecule has 0 aromatic heterocycles. The predicted molar refractivity (Wildman–Crippen MR) is 71.0 cm³/mol. The van der Waals surface area contributed by atoms with E-state index in [0.717, 1.165) is 12.1 Å². The maximum Gasteiger partial charge on any atom is 0.243 e. The number of hydrogen-bond donors (Lipinski definition) is 1. The average Bonchev–Trinajstić information content (AvgIpc) is 2.36. The van der Waals surface area contributed by atoms with Crippen LogP contribution in [0.1, 0.15) is 37.6 Å². The molecule has 1 aromatic carbocycles. The molecule has 0 radical (unpaired) electrons. The molecule has 0 saturated carbocycles. The van der Waals surface area contributed by atoms with Crippen molar-refractivity contribution in [3.8, 4) is 0 Å². The molecule has 0 unspecified atom stereocenters. The first-order chi connectivity index (χ1) is 8.77. The predicted octanol–water partition coefficient (Wildman–Crippen LogP) is 2.35. The van der Waals surface area contributed by atoms with Gasteiger partial charge in [0.2, 0.25) is 10.0 Å². The number of nitrogens with one attached hydrogen (secondary N) is 1. The smallest absolute Gasteiger partial charge is 0.243 e. The Kier molecular flexibility index (Phi) is 5.20. The van der Waals surface area contributed by atoms with Crippen LogP contribution in [0.2, 0.25) is 0 Å². The van der Waals surface area contributed by atoms with E-state index in [4.69, 9.17) is 0 Å². The van der Waals surface area contributed by atoms with Gasteiger partial charge in [0.25, 0.3) is 0 Å². The highest BCUT2D eigenvalue weighted by Gasteiger charge is 2.20. The van der Waals surface area contributed by atoms with Gasteiger partial charge >= 0.3 is 0 Å². The highest BCUT2D eigenvalue weighted by molar-refractivity contribution is 7.89. The van der Waals surface area contributed by atoms with Gasteiger partial charge in [-0.3, -0.25) is 4.79 Å². The lowest BCUT2D eigenvalue weighted by molar-refractivity contribution is 0.0988. The largest absolute Gasteiger partial charge is 0.294 e. The fourth-order valence-electron chi connectivity index (χ4n) is 1.44. The summed E-state index contributed by atoms with van der Waals surface area (Å²) in [6, 6.07) is 3.39. The number of hydrogen-bond acceptors (Lipinski definition) is 3. The lowest BCUT2D eigenvalue weighted by atomic mass is 10.1. The summed E-state index contributed by atoms with van der Waals surface area (Å²) in [6.45, 7) is 5.57. The molecule has 0 bridgehead atoms. The topological polar surface area (TPSA) is 63.2 Å². The van der Waals surface area contributed by atoms with Gasteiger partial charge in [-0.2, -0.15) is 0 Å². The number of Topliss-reactive ketones (excluding diaryl/α,β-unsaturated/α-hetero) is 1. The molecule has 0 aliphatic carbocycles. The van der Waals surface area contributed by atoms with E-state index in [1.54, 1.807) is 6.92 Å². The number of rotatable bonds is 6. The number of benzene rings is 1. The van der Waals surface area contributed by atoms with Gasteiger partial charge in [0.05, 0.1) is 0 Å². The third-order valence-electron chi connectivity index (χ3n) is 2.55. The van der Waals surface area contributed by atoms with Crippen LogP contribution in [0.5, 0.6) is 0 Å². The van der Waals surface area contributed by atoms with Gasteiger partial charge in [-0.25, -0.2) is 17.5 Å². The summed E-state index contributed by atoms with van der Waals surface area (Å²) in [6.07, 6.45) is 0.241. The summed E-state index contributed by atoms with van der Waals surface area (Å²) in [5, 5.41) is 0.